The predicted molar refractivity (Wildman–Crippen MR) is 73.7 cm³/mol. The van der Waals surface area contributed by atoms with Crippen molar-refractivity contribution in [1.29, 1.82) is 0 Å². The van der Waals surface area contributed by atoms with Gasteiger partial charge in [-0.05, 0) is 12.0 Å². The molecule has 0 aliphatic rings. The highest BCUT2D eigenvalue weighted by atomic mass is 32.2. The molecule has 1 atom stereocenters. The number of hydrogen-bond acceptors (Lipinski definition) is 4. The van der Waals surface area contributed by atoms with Gasteiger partial charge in [0.2, 0.25) is 5.91 Å². The summed E-state index contributed by atoms with van der Waals surface area (Å²) in [5.74, 6) is -1.14. The van der Waals surface area contributed by atoms with Crippen molar-refractivity contribution in [2.45, 2.75) is 24.5 Å². The van der Waals surface area contributed by atoms with Crippen molar-refractivity contribution < 1.29 is 27.9 Å². The van der Waals surface area contributed by atoms with Crippen LogP contribution in [0.5, 0.6) is 0 Å². The lowest BCUT2D eigenvalue weighted by Gasteiger charge is -2.20. The monoisotopic (exact) mass is 335 g/mol. The van der Waals surface area contributed by atoms with Crippen molar-refractivity contribution in [2.75, 3.05) is 5.75 Å². The van der Waals surface area contributed by atoms with E-state index in [0.717, 1.165) is 5.56 Å². The lowest BCUT2D eigenvalue weighted by atomic mass is 10.2. The second kappa shape index (κ2) is 8.52. The van der Waals surface area contributed by atoms with Crippen LogP contribution in [-0.4, -0.2) is 29.3 Å². The summed E-state index contributed by atoms with van der Waals surface area (Å²) >= 11 is -0.312. The molecule has 1 rings (SSSR count). The van der Waals surface area contributed by atoms with E-state index in [-0.39, 0.29) is 24.7 Å². The molecular weight excluding hydrogens is 321 g/mol. The van der Waals surface area contributed by atoms with Crippen LogP contribution in [0.2, 0.25) is 0 Å². The Morgan fingerprint density at radius 2 is 1.86 bits per heavy atom. The van der Waals surface area contributed by atoms with Crippen molar-refractivity contribution >= 4 is 23.8 Å². The van der Waals surface area contributed by atoms with Gasteiger partial charge in [0.25, 0.3) is 0 Å². The van der Waals surface area contributed by atoms with E-state index in [2.05, 4.69) is 5.32 Å². The molecule has 0 fully saturated rings. The molecule has 0 saturated heterocycles. The SMILES string of the molecule is O=C([O-])N[C@@H](CCSC(F)(F)F)C(=O)NCc1ccccc1. The van der Waals surface area contributed by atoms with E-state index < -0.39 is 29.3 Å². The van der Waals surface area contributed by atoms with Crippen LogP contribution in [0.15, 0.2) is 30.3 Å². The molecule has 0 spiro atoms. The van der Waals surface area contributed by atoms with E-state index in [9.17, 15) is 27.9 Å². The van der Waals surface area contributed by atoms with Crippen LogP contribution in [0.25, 0.3) is 0 Å². The average Bonchev–Trinajstić information content (AvgIpc) is 2.43. The molecule has 9 heteroatoms. The number of carboxylic acid groups (broad SMARTS) is 1. The molecule has 122 valence electrons. The molecule has 0 aliphatic heterocycles. The summed E-state index contributed by atoms with van der Waals surface area (Å²) < 4.78 is 36.2. The van der Waals surface area contributed by atoms with E-state index in [1.165, 1.54) is 0 Å². The van der Waals surface area contributed by atoms with Gasteiger partial charge in [-0.25, -0.2) is 0 Å². The Balaban J connectivity index is 2.50. The minimum absolute atomic E-state index is 0.150. The molecule has 0 heterocycles. The van der Waals surface area contributed by atoms with Gasteiger partial charge >= 0.3 is 5.51 Å². The first-order chi connectivity index (χ1) is 10.3. The van der Waals surface area contributed by atoms with Crippen molar-refractivity contribution in [3.8, 4) is 0 Å². The third kappa shape index (κ3) is 7.77. The molecule has 1 aromatic rings. The molecule has 22 heavy (non-hydrogen) atoms. The highest BCUT2D eigenvalue weighted by Crippen LogP contribution is 2.30. The lowest BCUT2D eigenvalue weighted by molar-refractivity contribution is -0.251. The molecule has 0 unspecified atom stereocenters. The second-order valence-corrected chi connectivity index (χ2v) is 5.43. The number of carbonyl (C=O) groups excluding carboxylic acids is 2. The number of benzene rings is 1. The van der Waals surface area contributed by atoms with Gasteiger partial charge in [0.15, 0.2) is 0 Å². The fourth-order valence-electron chi connectivity index (χ4n) is 1.61. The van der Waals surface area contributed by atoms with Gasteiger partial charge in [-0.3, -0.25) is 4.79 Å². The number of nitrogens with one attached hydrogen (secondary N) is 2. The van der Waals surface area contributed by atoms with E-state index in [1.807, 2.05) is 5.32 Å². The van der Waals surface area contributed by atoms with Gasteiger partial charge in [-0.15, -0.1) is 0 Å². The summed E-state index contributed by atoms with van der Waals surface area (Å²) in [4.78, 5) is 22.4. The van der Waals surface area contributed by atoms with Crippen molar-refractivity contribution in [2.24, 2.45) is 0 Å². The number of rotatable bonds is 7. The first kappa shape index (κ1) is 18.1. The normalized spacial score (nSPS) is 12.5. The number of halogens is 3. The lowest BCUT2D eigenvalue weighted by Crippen LogP contribution is -2.51. The molecule has 0 aliphatic carbocycles. The second-order valence-electron chi connectivity index (χ2n) is 4.27. The smallest absolute Gasteiger partial charge is 0.441 e. The van der Waals surface area contributed by atoms with Crippen molar-refractivity contribution in [3.63, 3.8) is 0 Å². The van der Waals surface area contributed by atoms with Crippen molar-refractivity contribution in [1.82, 2.24) is 10.6 Å². The largest absolute Gasteiger partial charge is 0.530 e. The molecule has 0 saturated carbocycles. The van der Waals surface area contributed by atoms with E-state index in [1.54, 1.807) is 30.3 Å². The quantitative estimate of drug-likeness (QED) is 0.786. The number of alkyl halides is 3. The maximum atomic E-state index is 12.1. The fraction of sp³-hybridized carbons (Fsp3) is 0.385. The topological polar surface area (TPSA) is 81.3 Å². The third-order valence-corrected chi connectivity index (χ3v) is 3.36. The van der Waals surface area contributed by atoms with Gasteiger partial charge in [-0.2, -0.15) is 13.2 Å². The van der Waals surface area contributed by atoms with Gasteiger partial charge < -0.3 is 20.5 Å². The molecule has 0 bridgehead atoms. The highest BCUT2D eigenvalue weighted by Gasteiger charge is 2.29. The number of carbonyl (C=O) groups is 2. The Hall–Kier alpha value is -1.90. The first-order valence-electron chi connectivity index (χ1n) is 6.28. The van der Waals surface area contributed by atoms with Crippen LogP contribution >= 0.6 is 11.8 Å². The molecule has 0 aromatic heterocycles. The zero-order chi connectivity index (χ0) is 16.6. The van der Waals surface area contributed by atoms with E-state index in [0.29, 0.717) is 0 Å². The zero-order valence-corrected chi connectivity index (χ0v) is 12.2. The average molecular weight is 335 g/mol. The van der Waals surface area contributed by atoms with Crippen LogP contribution in [0.1, 0.15) is 12.0 Å². The maximum absolute atomic E-state index is 12.1. The molecular formula is C13H14F3N2O3S-. The van der Waals surface area contributed by atoms with Crippen LogP contribution in [0.4, 0.5) is 18.0 Å². The Bertz CT molecular complexity index is 497. The van der Waals surface area contributed by atoms with Crippen LogP contribution in [0.3, 0.4) is 0 Å². The summed E-state index contributed by atoms with van der Waals surface area (Å²) in [5.41, 5.74) is -3.64. The zero-order valence-electron chi connectivity index (χ0n) is 11.4. The molecule has 0 radical (unpaired) electrons. The summed E-state index contributed by atoms with van der Waals surface area (Å²) in [6.07, 6.45) is -2.00. The van der Waals surface area contributed by atoms with Gasteiger partial charge in [0.1, 0.15) is 12.1 Å². The Kier molecular flexibility index (Phi) is 7.03. The minimum atomic E-state index is -4.42. The molecule has 2 amide bonds. The summed E-state index contributed by atoms with van der Waals surface area (Å²) in [6.45, 7) is 0.150. The fourth-order valence-corrected chi connectivity index (χ4v) is 2.20. The standard InChI is InChI=1S/C13H15F3N2O3S/c14-13(15,16)22-7-6-10(18-12(20)21)11(19)17-8-9-4-2-1-3-5-9/h1-5,10,18H,6-8H2,(H,17,19)(H,20,21)/p-1/t10-/m0/s1. The number of amides is 2. The first-order valence-corrected chi connectivity index (χ1v) is 7.26. The van der Waals surface area contributed by atoms with Crippen LogP contribution in [-0.2, 0) is 11.3 Å². The van der Waals surface area contributed by atoms with Gasteiger partial charge in [-0.1, -0.05) is 42.1 Å². The number of hydrogen-bond donors (Lipinski definition) is 2. The highest BCUT2D eigenvalue weighted by molar-refractivity contribution is 8.00. The van der Waals surface area contributed by atoms with E-state index >= 15 is 0 Å². The molecule has 1 aromatic carbocycles. The molecule has 2 N–H and O–H groups in total. The minimum Gasteiger partial charge on any atom is -0.530 e. The van der Waals surface area contributed by atoms with Crippen LogP contribution in [0, 0.1) is 0 Å². The number of thioether (sulfide) groups is 1. The Morgan fingerprint density at radius 1 is 1.23 bits per heavy atom. The maximum Gasteiger partial charge on any atom is 0.441 e. The predicted octanol–water partition coefficient (Wildman–Crippen LogP) is 1.25. The Morgan fingerprint density at radius 3 is 2.41 bits per heavy atom. The summed E-state index contributed by atoms with van der Waals surface area (Å²) in [5, 5.41) is 14.8. The van der Waals surface area contributed by atoms with E-state index in [4.69, 9.17) is 0 Å². The summed E-state index contributed by atoms with van der Waals surface area (Å²) in [6, 6.07) is 7.53. The van der Waals surface area contributed by atoms with Gasteiger partial charge in [0.05, 0.1) is 0 Å². The molecule has 5 nitrogen and oxygen atoms in total. The van der Waals surface area contributed by atoms with Gasteiger partial charge in [0, 0.05) is 12.3 Å². The van der Waals surface area contributed by atoms with Crippen LogP contribution < -0.4 is 15.7 Å². The third-order valence-electron chi connectivity index (χ3n) is 2.59. The Labute approximate surface area is 129 Å². The summed E-state index contributed by atoms with van der Waals surface area (Å²) in [7, 11) is 0. The van der Waals surface area contributed by atoms with Crippen molar-refractivity contribution in [3.05, 3.63) is 35.9 Å².